The van der Waals surface area contributed by atoms with Gasteiger partial charge in [0.15, 0.2) is 11.0 Å². The van der Waals surface area contributed by atoms with Crippen LogP contribution in [0.5, 0.6) is 0 Å². The summed E-state index contributed by atoms with van der Waals surface area (Å²) in [4.78, 5) is 4.40. The molecule has 0 aliphatic carbocycles. The minimum atomic E-state index is -0.250. The number of pyridine rings is 1. The first kappa shape index (κ1) is 16.7. The smallest absolute Gasteiger partial charge is 0.191 e. The highest BCUT2D eigenvalue weighted by Crippen LogP contribution is 2.28. The quantitative estimate of drug-likeness (QED) is 0.489. The fourth-order valence-corrected chi connectivity index (χ4v) is 3.84. The third kappa shape index (κ3) is 3.20. The van der Waals surface area contributed by atoms with Crippen LogP contribution in [-0.4, -0.2) is 19.7 Å². The van der Waals surface area contributed by atoms with Gasteiger partial charge in [0.2, 0.25) is 0 Å². The third-order valence-electron chi connectivity index (χ3n) is 4.22. The summed E-state index contributed by atoms with van der Waals surface area (Å²) in [5.74, 6) is 1.14. The lowest BCUT2D eigenvalue weighted by Crippen LogP contribution is -1.96. The van der Waals surface area contributed by atoms with Crippen molar-refractivity contribution in [3.8, 4) is 11.4 Å². The van der Waals surface area contributed by atoms with Gasteiger partial charge < -0.3 is 4.57 Å². The zero-order valence-electron chi connectivity index (χ0n) is 14.5. The molecule has 2 aromatic carbocycles. The van der Waals surface area contributed by atoms with E-state index in [1.165, 1.54) is 23.4 Å². The van der Waals surface area contributed by atoms with Gasteiger partial charge in [-0.05, 0) is 36.8 Å². The van der Waals surface area contributed by atoms with Crippen molar-refractivity contribution in [2.24, 2.45) is 7.05 Å². The van der Waals surface area contributed by atoms with E-state index in [2.05, 4.69) is 34.2 Å². The maximum absolute atomic E-state index is 13.9. The summed E-state index contributed by atoms with van der Waals surface area (Å²) in [5.41, 5.74) is 3.88. The molecular formula is C20H17FN4S. The summed E-state index contributed by atoms with van der Waals surface area (Å²) >= 11 is 1.53. The lowest BCUT2D eigenvalue weighted by Gasteiger charge is -2.07. The van der Waals surface area contributed by atoms with Crippen molar-refractivity contribution in [1.82, 2.24) is 19.7 Å². The fraction of sp³-hybridized carbons (Fsp3) is 0.150. The second-order valence-corrected chi connectivity index (χ2v) is 7.11. The van der Waals surface area contributed by atoms with Crippen molar-refractivity contribution < 1.29 is 4.39 Å². The lowest BCUT2D eigenvalue weighted by molar-refractivity contribution is 0.628. The van der Waals surface area contributed by atoms with Gasteiger partial charge in [-0.3, -0.25) is 4.98 Å². The second-order valence-electron chi connectivity index (χ2n) is 6.16. The number of rotatable bonds is 4. The molecule has 0 aliphatic heterocycles. The maximum Gasteiger partial charge on any atom is 0.191 e. The first-order valence-electron chi connectivity index (χ1n) is 8.24. The van der Waals surface area contributed by atoms with E-state index in [1.807, 2.05) is 35.9 Å². The molecule has 0 fully saturated rings. The molecule has 0 spiro atoms. The molecule has 0 saturated carbocycles. The lowest BCUT2D eigenvalue weighted by atomic mass is 10.1. The molecule has 0 amide bonds. The van der Waals surface area contributed by atoms with Gasteiger partial charge in [-0.2, -0.15) is 0 Å². The Kier molecular flexibility index (Phi) is 4.42. The van der Waals surface area contributed by atoms with E-state index in [4.69, 9.17) is 0 Å². The molecule has 6 heteroatoms. The zero-order valence-corrected chi connectivity index (χ0v) is 15.3. The summed E-state index contributed by atoms with van der Waals surface area (Å²) in [7, 11) is 1.95. The summed E-state index contributed by atoms with van der Waals surface area (Å²) < 4.78 is 15.9. The predicted octanol–water partition coefficient (Wildman–Crippen LogP) is 4.77. The van der Waals surface area contributed by atoms with Crippen molar-refractivity contribution >= 4 is 22.7 Å². The number of fused-ring (bicyclic) bond motifs is 1. The van der Waals surface area contributed by atoms with Gasteiger partial charge in [0, 0.05) is 29.9 Å². The van der Waals surface area contributed by atoms with Gasteiger partial charge in [0.05, 0.1) is 5.52 Å². The highest BCUT2D eigenvalue weighted by atomic mass is 32.2. The van der Waals surface area contributed by atoms with Crippen LogP contribution in [0.2, 0.25) is 0 Å². The predicted molar refractivity (Wildman–Crippen MR) is 102 cm³/mol. The highest BCUT2D eigenvalue weighted by molar-refractivity contribution is 7.98. The molecule has 0 N–H and O–H groups in total. The number of aryl methyl sites for hydroxylation is 1. The van der Waals surface area contributed by atoms with Crippen LogP contribution in [-0.2, 0) is 12.8 Å². The minimum absolute atomic E-state index is 0.250. The Balaban J connectivity index is 1.62. The normalized spacial score (nSPS) is 11.2. The topological polar surface area (TPSA) is 43.6 Å². The van der Waals surface area contributed by atoms with E-state index in [0.29, 0.717) is 5.75 Å². The van der Waals surface area contributed by atoms with E-state index in [0.717, 1.165) is 33.0 Å². The van der Waals surface area contributed by atoms with Crippen LogP contribution in [0.15, 0.2) is 59.9 Å². The van der Waals surface area contributed by atoms with Crippen molar-refractivity contribution in [2.45, 2.75) is 17.8 Å². The summed E-state index contributed by atoms with van der Waals surface area (Å²) in [6.07, 6.45) is 1.73. The van der Waals surface area contributed by atoms with Crippen LogP contribution in [0, 0.1) is 12.7 Å². The Morgan fingerprint density at radius 1 is 1.08 bits per heavy atom. The number of benzene rings is 2. The zero-order chi connectivity index (χ0) is 18.1. The summed E-state index contributed by atoms with van der Waals surface area (Å²) in [6.45, 7) is 2.05. The Bertz CT molecular complexity index is 1090. The van der Waals surface area contributed by atoms with Gasteiger partial charge >= 0.3 is 0 Å². The molecule has 4 rings (SSSR count). The Labute approximate surface area is 155 Å². The van der Waals surface area contributed by atoms with E-state index < -0.39 is 0 Å². The van der Waals surface area contributed by atoms with Gasteiger partial charge in [0.25, 0.3) is 0 Å². The molecule has 0 aliphatic rings. The number of halogens is 1. The van der Waals surface area contributed by atoms with Gasteiger partial charge in [0.1, 0.15) is 5.82 Å². The number of hydrogen-bond donors (Lipinski definition) is 0. The van der Waals surface area contributed by atoms with E-state index in [9.17, 15) is 4.39 Å². The van der Waals surface area contributed by atoms with Crippen LogP contribution in [0.4, 0.5) is 4.39 Å². The van der Waals surface area contributed by atoms with Crippen LogP contribution < -0.4 is 0 Å². The van der Waals surface area contributed by atoms with Crippen LogP contribution >= 0.6 is 11.8 Å². The van der Waals surface area contributed by atoms with E-state index in [-0.39, 0.29) is 5.82 Å². The highest BCUT2D eigenvalue weighted by Gasteiger charge is 2.13. The second kappa shape index (κ2) is 6.88. The Hall–Kier alpha value is -2.73. The number of nitrogens with zero attached hydrogens (tertiary/aromatic N) is 4. The first-order chi connectivity index (χ1) is 12.6. The molecule has 0 saturated heterocycles. The number of aromatic nitrogens is 4. The Morgan fingerprint density at radius 3 is 2.81 bits per heavy atom. The molecule has 4 aromatic rings. The molecule has 0 radical (unpaired) electrons. The molecule has 0 atom stereocenters. The van der Waals surface area contributed by atoms with E-state index >= 15 is 0 Å². The molecule has 2 heterocycles. The van der Waals surface area contributed by atoms with Crippen LogP contribution in [0.3, 0.4) is 0 Å². The monoisotopic (exact) mass is 364 g/mol. The van der Waals surface area contributed by atoms with Crippen LogP contribution in [0.25, 0.3) is 22.3 Å². The standard InChI is InChI=1S/C20H17FN4S/c1-13-5-3-6-15(9-13)19-23-24-20(25(19)2)26-12-16-11-17(21)10-14-7-4-8-22-18(14)16/h3-11H,12H2,1-2H3. The first-order valence-corrected chi connectivity index (χ1v) is 9.23. The van der Waals surface area contributed by atoms with Gasteiger partial charge in [-0.1, -0.05) is 41.6 Å². The largest absolute Gasteiger partial charge is 0.305 e. The third-order valence-corrected chi connectivity index (χ3v) is 5.29. The molecule has 2 aromatic heterocycles. The molecular weight excluding hydrogens is 347 g/mol. The maximum atomic E-state index is 13.9. The van der Waals surface area contributed by atoms with Crippen molar-refractivity contribution in [3.63, 3.8) is 0 Å². The van der Waals surface area contributed by atoms with Crippen molar-refractivity contribution in [1.29, 1.82) is 0 Å². The molecule has 130 valence electrons. The number of thioether (sulfide) groups is 1. The average Bonchev–Trinajstić information content (AvgIpc) is 3.00. The van der Waals surface area contributed by atoms with Crippen LogP contribution in [0.1, 0.15) is 11.1 Å². The summed E-state index contributed by atoms with van der Waals surface area (Å²) in [5, 5.41) is 10.2. The van der Waals surface area contributed by atoms with Gasteiger partial charge in [-0.25, -0.2) is 4.39 Å². The molecule has 0 unspecified atom stereocenters. The Morgan fingerprint density at radius 2 is 1.96 bits per heavy atom. The fourth-order valence-electron chi connectivity index (χ4n) is 2.96. The van der Waals surface area contributed by atoms with Crippen molar-refractivity contribution in [3.05, 3.63) is 71.7 Å². The summed E-state index contributed by atoms with van der Waals surface area (Å²) in [6, 6.07) is 14.9. The number of hydrogen-bond acceptors (Lipinski definition) is 4. The molecule has 26 heavy (non-hydrogen) atoms. The average molecular weight is 364 g/mol. The molecule has 0 bridgehead atoms. The SMILES string of the molecule is Cc1cccc(-c2nnc(SCc3cc(F)cc4cccnc34)n2C)c1. The molecule has 4 nitrogen and oxygen atoms in total. The van der Waals surface area contributed by atoms with Gasteiger partial charge in [-0.15, -0.1) is 10.2 Å². The minimum Gasteiger partial charge on any atom is -0.305 e. The van der Waals surface area contributed by atoms with E-state index in [1.54, 1.807) is 12.3 Å². The van der Waals surface area contributed by atoms with Crippen molar-refractivity contribution in [2.75, 3.05) is 0 Å².